The molecule has 1 aromatic rings. The summed E-state index contributed by atoms with van der Waals surface area (Å²) < 4.78 is 61.4. The summed E-state index contributed by atoms with van der Waals surface area (Å²) in [5, 5.41) is 0.109. The first-order valence-corrected chi connectivity index (χ1v) is 8.30. The predicted molar refractivity (Wildman–Crippen MR) is 75.3 cm³/mol. The van der Waals surface area contributed by atoms with Gasteiger partial charge in [-0.1, -0.05) is 12.1 Å². The van der Waals surface area contributed by atoms with E-state index in [0.717, 1.165) is 18.9 Å². The molecule has 1 saturated carbocycles. The predicted octanol–water partition coefficient (Wildman–Crippen LogP) is 3.43. The molecule has 1 aliphatic carbocycles. The van der Waals surface area contributed by atoms with Crippen LogP contribution in [0.4, 0.5) is 18.9 Å². The monoisotopic (exact) mass is 341 g/mol. The number of rotatable bonds is 4. The topological polar surface area (TPSA) is 37.4 Å². The van der Waals surface area contributed by atoms with Gasteiger partial charge in [-0.3, -0.25) is 0 Å². The Kier molecular flexibility index (Phi) is 4.44. The lowest BCUT2D eigenvalue weighted by Crippen LogP contribution is -2.35. The lowest BCUT2D eigenvalue weighted by atomic mass is 9.84. The molecule has 0 saturated heterocycles. The molecule has 0 N–H and O–H groups in total. The van der Waals surface area contributed by atoms with Crippen LogP contribution in [0.5, 0.6) is 0 Å². The smallest absolute Gasteiger partial charge is 0.373 e. The number of sulfone groups is 1. The van der Waals surface area contributed by atoms with Crippen LogP contribution in [0.2, 0.25) is 0 Å². The van der Waals surface area contributed by atoms with Crippen LogP contribution < -0.4 is 4.90 Å². The molecule has 3 nitrogen and oxygen atoms in total. The maximum atomic E-state index is 12.7. The number of nitrogens with zero attached hydrogens (tertiary/aromatic N) is 1. The molecule has 0 aromatic heterocycles. The number of halogens is 4. The molecule has 0 radical (unpaired) electrons. The second-order valence-electron chi connectivity index (χ2n) is 5.23. The van der Waals surface area contributed by atoms with Gasteiger partial charge < -0.3 is 4.90 Å². The lowest BCUT2D eigenvalue weighted by Gasteiger charge is -2.35. The van der Waals surface area contributed by atoms with Crippen molar-refractivity contribution in [1.82, 2.24) is 0 Å². The molecule has 1 aromatic carbocycles. The van der Waals surface area contributed by atoms with Crippen molar-refractivity contribution in [1.29, 1.82) is 0 Å². The van der Waals surface area contributed by atoms with Crippen molar-refractivity contribution >= 4 is 27.1 Å². The van der Waals surface area contributed by atoms with Gasteiger partial charge in [0.1, 0.15) is 0 Å². The van der Waals surface area contributed by atoms with Crippen LogP contribution >= 0.6 is 11.6 Å². The maximum Gasteiger partial charge on any atom is 0.501 e. The van der Waals surface area contributed by atoms with Gasteiger partial charge in [-0.05, 0) is 30.9 Å². The van der Waals surface area contributed by atoms with Crippen molar-refractivity contribution in [3.05, 3.63) is 24.3 Å². The highest BCUT2D eigenvalue weighted by Gasteiger charge is 2.48. The fraction of sp³-hybridized carbons (Fsp3) is 0.538. The van der Waals surface area contributed by atoms with E-state index in [2.05, 4.69) is 0 Å². The van der Waals surface area contributed by atoms with Crippen molar-refractivity contribution in [3.8, 4) is 0 Å². The van der Waals surface area contributed by atoms with Crippen molar-refractivity contribution in [2.45, 2.75) is 28.6 Å². The van der Waals surface area contributed by atoms with Gasteiger partial charge in [-0.2, -0.15) is 13.2 Å². The first kappa shape index (κ1) is 16.4. The third-order valence-electron chi connectivity index (χ3n) is 3.58. The lowest BCUT2D eigenvalue weighted by molar-refractivity contribution is -0.0435. The van der Waals surface area contributed by atoms with Gasteiger partial charge in [0.25, 0.3) is 9.84 Å². The molecule has 0 spiro atoms. The minimum absolute atomic E-state index is 0.0628. The summed E-state index contributed by atoms with van der Waals surface area (Å²) >= 11 is 5.87. The van der Waals surface area contributed by atoms with Crippen LogP contribution in [-0.4, -0.2) is 32.9 Å². The normalized spacial score (nSPS) is 22.7. The Balaban J connectivity index is 2.29. The average molecular weight is 342 g/mol. The Morgan fingerprint density at radius 2 is 1.86 bits per heavy atom. The van der Waals surface area contributed by atoms with E-state index < -0.39 is 20.2 Å². The van der Waals surface area contributed by atoms with E-state index in [-0.39, 0.29) is 17.0 Å². The molecule has 0 amide bonds. The summed E-state index contributed by atoms with van der Waals surface area (Å²) in [5.74, 6) is 0.277. The molecular weight excluding hydrogens is 327 g/mol. The van der Waals surface area contributed by atoms with Gasteiger partial charge in [0.2, 0.25) is 0 Å². The van der Waals surface area contributed by atoms with E-state index >= 15 is 0 Å². The summed E-state index contributed by atoms with van der Waals surface area (Å²) in [6, 6.07) is 5.18. The van der Waals surface area contributed by atoms with Gasteiger partial charge in [-0.25, -0.2) is 8.42 Å². The van der Waals surface area contributed by atoms with E-state index in [9.17, 15) is 21.6 Å². The Labute approximate surface area is 126 Å². The largest absolute Gasteiger partial charge is 0.501 e. The number of anilines is 1. The SMILES string of the molecule is CN(CC1CC(Cl)C1)c1ccccc1S(=O)(=O)C(F)(F)F. The summed E-state index contributed by atoms with van der Waals surface area (Å²) in [6.45, 7) is 0.480. The number of alkyl halides is 4. The zero-order chi connectivity index (χ0) is 15.8. The maximum absolute atomic E-state index is 12.7. The van der Waals surface area contributed by atoms with Crippen molar-refractivity contribution in [3.63, 3.8) is 0 Å². The van der Waals surface area contributed by atoms with E-state index in [0.29, 0.717) is 6.54 Å². The van der Waals surface area contributed by atoms with E-state index in [4.69, 9.17) is 11.6 Å². The van der Waals surface area contributed by atoms with Crippen LogP contribution in [0.3, 0.4) is 0 Å². The molecule has 8 heteroatoms. The summed E-state index contributed by atoms with van der Waals surface area (Å²) in [4.78, 5) is 0.841. The van der Waals surface area contributed by atoms with Crippen molar-refractivity contribution in [2.24, 2.45) is 5.92 Å². The average Bonchev–Trinajstić information content (AvgIpc) is 2.35. The molecule has 118 valence electrons. The highest BCUT2D eigenvalue weighted by atomic mass is 35.5. The van der Waals surface area contributed by atoms with Gasteiger partial charge in [0.05, 0.1) is 10.6 Å². The zero-order valence-electron chi connectivity index (χ0n) is 11.3. The first-order chi connectivity index (χ1) is 9.63. The first-order valence-electron chi connectivity index (χ1n) is 6.38. The van der Waals surface area contributed by atoms with Crippen LogP contribution in [0.1, 0.15) is 12.8 Å². The highest BCUT2D eigenvalue weighted by Crippen LogP contribution is 2.37. The standard InChI is InChI=1S/C13H15ClF3NO2S/c1-18(8-9-6-10(14)7-9)11-4-2-3-5-12(11)21(19,20)13(15,16)17/h2-5,9-10H,6-8H2,1H3. The Morgan fingerprint density at radius 3 is 2.38 bits per heavy atom. The van der Waals surface area contributed by atoms with E-state index in [1.165, 1.54) is 18.2 Å². The zero-order valence-corrected chi connectivity index (χ0v) is 12.8. The fourth-order valence-electron chi connectivity index (χ4n) is 2.41. The Hall–Kier alpha value is -0.950. The Bertz CT molecular complexity index is 612. The molecule has 0 heterocycles. The molecular formula is C13H15ClF3NO2S. The number of benzene rings is 1. The number of hydrogen-bond acceptors (Lipinski definition) is 3. The highest BCUT2D eigenvalue weighted by molar-refractivity contribution is 7.92. The van der Waals surface area contributed by atoms with Crippen LogP contribution in [0.25, 0.3) is 0 Å². The minimum Gasteiger partial charge on any atom is -0.373 e. The molecule has 0 bridgehead atoms. The fourth-order valence-corrected chi connectivity index (χ4v) is 3.92. The third-order valence-corrected chi connectivity index (χ3v) is 5.47. The summed E-state index contributed by atoms with van der Waals surface area (Å²) in [5.41, 5.74) is -5.24. The molecule has 1 fully saturated rings. The third kappa shape index (κ3) is 3.29. The van der Waals surface area contributed by atoms with Gasteiger partial charge in [0, 0.05) is 19.0 Å². The number of hydrogen-bond donors (Lipinski definition) is 0. The molecule has 0 unspecified atom stereocenters. The number of para-hydroxylation sites is 1. The van der Waals surface area contributed by atoms with Crippen molar-refractivity contribution < 1.29 is 21.6 Å². The van der Waals surface area contributed by atoms with Crippen LogP contribution in [0.15, 0.2) is 29.2 Å². The molecule has 0 aliphatic heterocycles. The molecule has 2 rings (SSSR count). The van der Waals surface area contributed by atoms with Gasteiger partial charge in [-0.15, -0.1) is 11.6 Å². The van der Waals surface area contributed by atoms with Gasteiger partial charge >= 0.3 is 5.51 Å². The second-order valence-corrected chi connectivity index (χ2v) is 7.76. The van der Waals surface area contributed by atoms with Crippen LogP contribution in [-0.2, 0) is 9.84 Å². The molecule has 1 aliphatic rings. The quantitative estimate of drug-likeness (QED) is 0.787. The van der Waals surface area contributed by atoms with Crippen molar-refractivity contribution in [2.75, 3.05) is 18.5 Å². The Morgan fingerprint density at radius 1 is 1.29 bits per heavy atom. The van der Waals surface area contributed by atoms with E-state index in [1.807, 2.05) is 0 Å². The van der Waals surface area contributed by atoms with Crippen LogP contribution in [0, 0.1) is 5.92 Å². The minimum atomic E-state index is -5.36. The van der Waals surface area contributed by atoms with E-state index in [1.54, 1.807) is 11.9 Å². The summed E-state index contributed by atoms with van der Waals surface area (Å²) in [6.07, 6.45) is 1.58. The van der Waals surface area contributed by atoms with Gasteiger partial charge in [0.15, 0.2) is 0 Å². The second kappa shape index (κ2) is 5.68. The molecule has 0 atom stereocenters. The summed E-state index contributed by atoms with van der Waals surface area (Å²) in [7, 11) is -3.77. The molecule has 21 heavy (non-hydrogen) atoms.